The van der Waals surface area contributed by atoms with Crippen molar-refractivity contribution in [2.45, 2.75) is 13.8 Å². The second-order valence-electron chi connectivity index (χ2n) is 4.97. The van der Waals surface area contributed by atoms with Crippen LogP contribution in [-0.2, 0) is 15.0 Å². The largest absolute Gasteiger partial charge is 0.325 e. The molecule has 112 valence electrons. The molecule has 0 fully saturated rings. The molecule has 0 spiro atoms. The van der Waals surface area contributed by atoms with Gasteiger partial charge in [0.2, 0.25) is 5.91 Å². The fourth-order valence-electron chi connectivity index (χ4n) is 1.81. The summed E-state index contributed by atoms with van der Waals surface area (Å²) in [6, 6.07) is 5.68. The number of anilines is 1. The lowest BCUT2D eigenvalue weighted by atomic mass is 10.1. The molecule has 1 amide bonds. The minimum atomic E-state index is -3.57. The molecule has 1 aromatic rings. The number of hydrogen-bond donors (Lipinski definition) is 1. The number of carbonyl (C=O) groups excluding carboxylic acids is 1. The highest BCUT2D eigenvalue weighted by Crippen LogP contribution is 2.13. The minimum absolute atomic E-state index is 0.229. The molecule has 0 bridgehead atoms. The first-order chi connectivity index (χ1) is 9.12. The van der Waals surface area contributed by atoms with Crippen molar-refractivity contribution in [3.8, 4) is 0 Å². The molecule has 20 heavy (non-hydrogen) atoms. The van der Waals surface area contributed by atoms with Crippen LogP contribution in [0.5, 0.6) is 0 Å². The Morgan fingerprint density at radius 1 is 1.10 bits per heavy atom. The zero-order valence-electron chi connectivity index (χ0n) is 12.5. The van der Waals surface area contributed by atoms with Crippen LogP contribution in [0.3, 0.4) is 0 Å². The molecule has 0 aliphatic carbocycles. The van der Waals surface area contributed by atoms with Gasteiger partial charge in [-0.15, -0.1) is 0 Å². The van der Waals surface area contributed by atoms with E-state index in [1.54, 1.807) is 0 Å². The summed E-state index contributed by atoms with van der Waals surface area (Å²) in [7, 11) is 0.645. The van der Waals surface area contributed by atoms with Gasteiger partial charge in [0.25, 0.3) is 10.2 Å². The van der Waals surface area contributed by atoms with E-state index in [2.05, 4.69) is 5.32 Å². The minimum Gasteiger partial charge on any atom is -0.325 e. The van der Waals surface area contributed by atoms with Gasteiger partial charge in [0.05, 0.1) is 6.54 Å². The molecule has 0 unspecified atom stereocenters. The predicted molar refractivity (Wildman–Crippen MR) is 79.8 cm³/mol. The van der Waals surface area contributed by atoms with Crippen molar-refractivity contribution in [2.75, 3.05) is 33.0 Å². The molecular weight excluding hydrogens is 278 g/mol. The van der Waals surface area contributed by atoms with E-state index in [9.17, 15) is 13.2 Å². The average molecular weight is 299 g/mol. The molecule has 0 aliphatic rings. The second kappa shape index (κ2) is 6.34. The van der Waals surface area contributed by atoms with Gasteiger partial charge < -0.3 is 5.32 Å². The van der Waals surface area contributed by atoms with Crippen LogP contribution < -0.4 is 5.32 Å². The number of nitrogens with zero attached hydrogens (tertiary/aromatic N) is 2. The molecule has 1 rings (SSSR count). The third kappa shape index (κ3) is 4.29. The van der Waals surface area contributed by atoms with E-state index < -0.39 is 10.2 Å². The van der Waals surface area contributed by atoms with Crippen LogP contribution in [0, 0.1) is 13.8 Å². The lowest BCUT2D eigenvalue weighted by Gasteiger charge is -2.20. The number of aryl methyl sites for hydroxylation is 2. The van der Waals surface area contributed by atoms with Crippen molar-refractivity contribution in [2.24, 2.45) is 0 Å². The maximum Gasteiger partial charge on any atom is 0.281 e. The molecule has 0 radical (unpaired) electrons. The Kier molecular flexibility index (Phi) is 5.27. The fourth-order valence-corrected chi connectivity index (χ4v) is 2.65. The first-order valence-electron chi connectivity index (χ1n) is 6.15. The maximum atomic E-state index is 11.9. The van der Waals surface area contributed by atoms with E-state index in [0.717, 1.165) is 19.7 Å². The summed E-state index contributed by atoms with van der Waals surface area (Å²) in [4.78, 5) is 11.9. The summed E-state index contributed by atoms with van der Waals surface area (Å²) in [6.07, 6.45) is 0. The van der Waals surface area contributed by atoms with Crippen LogP contribution in [0.15, 0.2) is 18.2 Å². The zero-order chi connectivity index (χ0) is 15.5. The Bertz CT molecular complexity index is 577. The van der Waals surface area contributed by atoms with E-state index in [1.165, 1.54) is 21.1 Å². The van der Waals surface area contributed by atoms with E-state index >= 15 is 0 Å². The fraction of sp³-hybridized carbons (Fsp3) is 0.462. The number of likely N-dealkylation sites (N-methyl/N-ethyl adjacent to an activating group) is 1. The molecule has 0 saturated carbocycles. The molecule has 1 aromatic carbocycles. The number of hydrogen-bond acceptors (Lipinski definition) is 3. The van der Waals surface area contributed by atoms with E-state index in [4.69, 9.17) is 0 Å². The van der Waals surface area contributed by atoms with Crippen LogP contribution >= 0.6 is 0 Å². The van der Waals surface area contributed by atoms with Crippen molar-refractivity contribution in [1.29, 1.82) is 0 Å². The molecule has 0 aliphatic heterocycles. The third-order valence-electron chi connectivity index (χ3n) is 2.73. The summed E-state index contributed by atoms with van der Waals surface area (Å²) in [5, 5.41) is 2.70. The van der Waals surface area contributed by atoms with E-state index in [1.807, 2.05) is 32.0 Å². The number of rotatable bonds is 5. The molecule has 0 heterocycles. The number of amides is 1. The van der Waals surface area contributed by atoms with Crippen LogP contribution in [0.4, 0.5) is 5.69 Å². The Morgan fingerprint density at radius 3 is 2.05 bits per heavy atom. The Balaban J connectivity index is 2.73. The van der Waals surface area contributed by atoms with Gasteiger partial charge >= 0.3 is 0 Å². The smallest absolute Gasteiger partial charge is 0.281 e. The van der Waals surface area contributed by atoms with Crippen molar-refractivity contribution < 1.29 is 13.2 Å². The highest BCUT2D eigenvalue weighted by Gasteiger charge is 2.22. The summed E-state index contributed by atoms with van der Waals surface area (Å²) in [6.45, 7) is 3.64. The zero-order valence-corrected chi connectivity index (χ0v) is 13.3. The Labute approximate surface area is 120 Å². The number of benzene rings is 1. The van der Waals surface area contributed by atoms with Gasteiger partial charge in [0.1, 0.15) is 0 Å². The number of carbonyl (C=O) groups is 1. The quantitative estimate of drug-likeness (QED) is 0.881. The summed E-state index contributed by atoms with van der Waals surface area (Å²) >= 11 is 0. The van der Waals surface area contributed by atoms with Crippen molar-refractivity contribution in [3.63, 3.8) is 0 Å². The average Bonchev–Trinajstić information content (AvgIpc) is 2.26. The molecule has 0 aromatic heterocycles. The first kappa shape index (κ1) is 16.6. The summed E-state index contributed by atoms with van der Waals surface area (Å²) < 4.78 is 25.7. The standard InChI is InChI=1S/C13H21N3O3S/c1-10-6-11(2)8-12(7-10)14-13(17)9-16(5)20(18,19)15(3)4/h6-8H,9H2,1-5H3,(H,14,17). The third-order valence-corrected chi connectivity index (χ3v) is 4.57. The Hall–Kier alpha value is -1.44. The van der Waals surface area contributed by atoms with Gasteiger partial charge in [-0.05, 0) is 37.1 Å². The highest BCUT2D eigenvalue weighted by atomic mass is 32.2. The lowest BCUT2D eigenvalue weighted by Crippen LogP contribution is -2.41. The van der Waals surface area contributed by atoms with Gasteiger partial charge in [0.15, 0.2) is 0 Å². The monoisotopic (exact) mass is 299 g/mol. The van der Waals surface area contributed by atoms with Gasteiger partial charge in [-0.1, -0.05) is 6.07 Å². The summed E-state index contributed by atoms with van der Waals surface area (Å²) in [5.74, 6) is -0.372. The lowest BCUT2D eigenvalue weighted by molar-refractivity contribution is -0.116. The number of nitrogens with one attached hydrogen (secondary N) is 1. The SMILES string of the molecule is Cc1cc(C)cc(NC(=O)CN(C)S(=O)(=O)N(C)C)c1. The maximum absolute atomic E-state index is 11.9. The van der Waals surface area contributed by atoms with Crippen molar-refractivity contribution >= 4 is 21.8 Å². The van der Waals surface area contributed by atoms with E-state index in [-0.39, 0.29) is 12.5 Å². The van der Waals surface area contributed by atoms with Gasteiger partial charge in [-0.2, -0.15) is 17.0 Å². The van der Waals surface area contributed by atoms with Gasteiger partial charge in [-0.3, -0.25) is 4.79 Å². The molecule has 0 atom stereocenters. The highest BCUT2D eigenvalue weighted by molar-refractivity contribution is 7.86. The van der Waals surface area contributed by atoms with Crippen LogP contribution in [0.1, 0.15) is 11.1 Å². The van der Waals surface area contributed by atoms with Crippen molar-refractivity contribution in [1.82, 2.24) is 8.61 Å². The van der Waals surface area contributed by atoms with Gasteiger partial charge in [0, 0.05) is 26.8 Å². The first-order valence-corrected chi connectivity index (χ1v) is 7.54. The van der Waals surface area contributed by atoms with Crippen LogP contribution in [-0.4, -0.2) is 50.6 Å². The Morgan fingerprint density at radius 2 is 1.60 bits per heavy atom. The normalized spacial score (nSPS) is 11.9. The predicted octanol–water partition coefficient (Wildman–Crippen LogP) is 0.980. The van der Waals surface area contributed by atoms with Crippen LogP contribution in [0.25, 0.3) is 0 Å². The summed E-state index contributed by atoms with van der Waals surface area (Å²) in [5.41, 5.74) is 2.74. The molecule has 1 N–H and O–H groups in total. The molecule has 0 saturated heterocycles. The topological polar surface area (TPSA) is 69.7 Å². The molecular formula is C13H21N3O3S. The molecule has 7 heteroatoms. The van der Waals surface area contributed by atoms with E-state index in [0.29, 0.717) is 5.69 Å². The van der Waals surface area contributed by atoms with Crippen LogP contribution in [0.2, 0.25) is 0 Å². The molecule has 6 nitrogen and oxygen atoms in total. The second-order valence-corrected chi connectivity index (χ2v) is 7.22. The van der Waals surface area contributed by atoms with Crippen molar-refractivity contribution in [3.05, 3.63) is 29.3 Å². The van der Waals surface area contributed by atoms with Gasteiger partial charge in [-0.25, -0.2) is 0 Å².